The molecule has 0 bridgehead atoms. The molecule has 1 unspecified atom stereocenters. The number of aromatic nitrogens is 3. The summed E-state index contributed by atoms with van der Waals surface area (Å²) in [4.78, 5) is 8.50. The topological polar surface area (TPSA) is 42.2 Å². The van der Waals surface area contributed by atoms with Crippen LogP contribution in [-0.2, 0) is 6.54 Å². The number of hydrogen-bond donors (Lipinski definition) is 1. The van der Waals surface area contributed by atoms with Crippen LogP contribution in [0.1, 0.15) is 19.5 Å². The maximum atomic E-state index is 4.33. The predicted octanol–water partition coefficient (Wildman–Crippen LogP) is 2.72. The summed E-state index contributed by atoms with van der Waals surface area (Å²) >= 11 is 5.34. The number of imidazole rings is 1. The minimum atomic E-state index is 0.505. The van der Waals surface area contributed by atoms with Crippen molar-refractivity contribution in [2.75, 3.05) is 11.5 Å². The molecule has 1 atom stereocenters. The molecule has 2 aromatic heterocycles. The van der Waals surface area contributed by atoms with E-state index in [1.54, 1.807) is 6.20 Å². The number of nitrogens with zero attached hydrogens (tertiary/aromatic N) is 3. The summed E-state index contributed by atoms with van der Waals surface area (Å²) in [5.74, 6) is 2.30. The van der Waals surface area contributed by atoms with E-state index < -0.39 is 0 Å². The Morgan fingerprint density at radius 2 is 2.28 bits per heavy atom. The molecule has 2 rings (SSSR count). The number of nitrogens with one attached hydrogen (secondary N) is 1. The Kier molecular flexibility index (Phi) is 5.03. The van der Waals surface area contributed by atoms with Gasteiger partial charge in [0.15, 0.2) is 5.65 Å². The smallest absolute Gasteiger partial charge is 0.155 e. The second-order valence-electron chi connectivity index (χ2n) is 4.13. The molecule has 0 aliphatic heterocycles. The van der Waals surface area contributed by atoms with E-state index in [1.807, 2.05) is 24.2 Å². The van der Waals surface area contributed by atoms with Crippen molar-refractivity contribution in [1.82, 2.24) is 19.7 Å². The third-order valence-corrected chi connectivity index (χ3v) is 4.20. The van der Waals surface area contributed by atoms with Crippen molar-refractivity contribution in [2.45, 2.75) is 26.4 Å². The lowest BCUT2D eigenvalue weighted by Gasteiger charge is -2.12. The second kappa shape index (κ2) is 6.54. The van der Waals surface area contributed by atoms with Crippen LogP contribution in [-0.4, -0.2) is 31.9 Å². The fourth-order valence-corrected chi connectivity index (χ4v) is 2.69. The van der Waals surface area contributed by atoms with Crippen molar-refractivity contribution in [3.05, 3.63) is 28.9 Å². The van der Waals surface area contributed by atoms with Gasteiger partial charge in [-0.1, -0.05) is 6.92 Å². The van der Waals surface area contributed by atoms with Crippen LogP contribution in [0.4, 0.5) is 0 Å². The first kappa shape index (κ1) is 13.8. The molecular weight excluding hydrogens is 312 g/mol. The van der Waals surface area contributed by atoms with Crippen LogP contribution in [0.25, 0.3) is 5.65 Å². The third-order valence-electron chi connectivity index (χ3n) is 2.64. The highest BCUT2D eigenvalue weighted by molar-refractivity contribution is 9.10. The first-order valence-corrected chi connectivity index (χ1v) is 7.94. The van der Waals surface area contributed by atoms with Gasteiger partial charge >= 0.3 is 0 Å². The van der Waals surface area contributed by atoms with Crippen molar-refractivity contribution in [3.8, 4) is 0 Å². The molecule has 0 saturated carbocycles. The fraction of sp³-hybridized carbons (Fsp3) is 0.500. The average molecular weight is 329 g/mol. The highest BCUT2D eigenvalue weighted by Gasteiger charge is 2.06. The molecule has 2 aromatic rings. The van der Waals surface area contributed by atoms with Gasteiger partial charge in [-0.05, 0) is 28.6 Å². The van der Waals surface area contributed by atoms with E-state index in [2.05, 4.69) is 49.5 Å². The van der Waals surface area contributed by atoms with Crippen LogP contribution < -0.4 is 5.32 Å². The van der Waals surface area contributed by atoms with E-state index in [-0.39, 0.29) is 0 Å². The maximum absolute atomic E-state index is 4.33. The quantitative estimate of drug-likeness (QED) is 0.885. The Morgan fingerprint density at radius 3 is 3.06 bits per heavy atom. The van der Waals surface area contributed by atoms with Gasteiger partial charge in [0, 0.05) is 24.5 Å². The van der Waals surface area contributed by atoms with Crippen molar-refractivity contribution < 1.29 is 0 Å². The average Bonchev–Trinajstić information content (AvgIpc) is 2.76. The number of hydrogen-bond acceptors (Lipinski definition) is 4. The van der Waals surface area contributed by atoms with E-state index in [4.69, 9.17) is 0 Å². The summed E-state index contributed by atoms with van der Waals surface area (Å²) in [5.41, 5.74) is 2.03. The molecule has 0 saturated heterocycles. The zero-order valence-electron chi connectivity index (χ0n) is 10.6. The van der Waals surface area contributed by atoms with Crippen LogP contribution in [0, 0.1) is 0 Å². The van der Waals surface area contributed by atoms with Gasteiger partial charge < -0.3 is 5.32 Å². The lowest BCUT2D eigenvalue weighted by atomic mass is 10.3. The molecule has 0 aliphatic rings. The van der Waals surface area contributed by atoms with Gasteiger partial charge in [-0.3, -0.25) is 4.40 Å². The molecule has 0 fully saturated rings. The van der Waals surface area contributed by atoms with E-state index >= 15 is 0 Å². The molecule has 2 heterocycles. The SMILES string of the molecule is CCSCC(C)NCc1cnc2cnc(Br)cn12. The van der Waals surface area contributed by atoms with E-state index in [9.17, 15) is 0 Å². The summed E-state index contributed by atoms with van der Waals surface area (Å²) in [7, 11) is 0. The van der Waals surface area contributed by atoms with Crippen molar-refractivity contribution >= 4 is 33.3 Å². The molecule has 6 heteroatoms. The van der Waals surface area contributed by atoms with Crippen molar-refractivity contribution in [1.29, 1.82) is 0 Å². The Morgan fingerprint density at radius 1 is 1.44 bits per heavy atom. The molecule has 0 aliphatic carbocycles. The third kappa shape index (κ3) is 3.46. The molecule has 18 heavy (non-hydrogen) atoms. The molecule has 98 valence electrons. The zero-order chi connectivity index (χ0) is 13.0. The number of fused-ring (bicyclic) bond motifs is 1. The summed E-state index contributed by atoms with van der Waals surface area (Å²) in [6.07, 6.45) is 5.62. The number of rotatable bonds is 6. The first-order chi connectivity index (χ1) is 8.70. The van der Waals surface area contributed by atoms with Crippen molar-refractivity contribution in [2.24, 2.45) is 0 Å². The van der Waals surface area contributed by atoms with Gasteiger partial charge in [-0.2, -0.15) is 11.8 Å². The minimum Gasteiger partial charge on any atom is -0.308 e. The van der Waals surface area contributed by atoms with Gasteiger partial charge in [-0.15, -0.1) is 0 Å². The monoisotopic (exact) mass is 328 g/mol. The Bertz CT molecular complexity index is 514. The van der Waals surface area contributed by atoms with E-state index in [0.29, 0.717) is 6.04 Å². The largest absolute Gasteiger partial charge is 0.308 e. The molecule has 0 radical (unpaired) electrons. The number of halogens is 1. The van der Waals surface area contributed by atoms with Crippen LogP contribution in [0.15, 0.2) is 23.2 Å². The summed E-state index contributed by atoms with van der Waals surface area (Å²) in [6, 6.07) is 0.505. The Balaban J connectivity index is 2.01. The molecular formula is C12H17BrN4S. The van der Waals surface area contributed by atoms with Gasteiger partial charge in [0.2, 0.25) is 0 Å². The highest BCUT2D eigenvalue weighted by Crippen LogP contribution is 2.11. The van der Waals surface area contributed by atoms with E-state index in [1.165, 1.54) is 5.75 Å². The fourth-order valence-electron chi connectivity index (χ4n) is 1.68. The summed E-state index contributed by atoms with van der Waals surface area (Å²) in [5, 5.41) is 3.51. The minimum absolute atomic E-state index is 0.505. The lowest BCUT2D eigenvalue weighted by Crippen LogP contribution is -2.28. The summed E-state index contributed by atoms with van der Waals surface area (Å²) in [6.45, 7) is 5.22. The molecule has 0 amide bonds. The van der Waals surface area contributed by atoms with Crippen LogP contribution in [0.3, 0.4) is 0 Å². The Hall–Kier alpha value is -0.590. The lowest BCUT2D eigenvalue weighted by molar-refractivity contribution is 0.586. The van der Waals surface area contributed by atoms with Crippen LogP contribution >= 0.6 is 27.7 Å². The first-order valence-electron chi connectivity index (χ1n) is 5.99. The van der Waals surface area contributed by atoms with Crippen molar-refractivity contribution in [3.63, 3.8) is 0 Å². The second-order valence-corrected chi connectivity index (χ2v) is 6.26. The zero-order valence-corrected chi connectivity index (χ0v) is 13.0. The highest BCUT2D eigenvalue weighted by atomic mass is 79.9. The van der Waals surface area contributed by atoms with Gasteiger partial charge in [0.05, 0.1) is 18.1 Å². The maximum Gasteiger partial charge on any atom is 0.155 e. The Labute approximate surface area is 120 Å². The standard InChI is InChI=1S/C12H17BrN4S/c1-3-18-8-9(2)14-4-10-5-16-12-6-15-11(13)7-17(10)12/h5-7,9,14H,3-4,8H2,1-2H3. The molecule has 1 N–H and O–H groups in total. The van der Waals surface area contributed by atoms with E-state index in [0.717, 1.165) is 28.2 Å². The van der Waals surface area contributed by atoms with Crippen LogP contribution in [0.2, 0.25) is 0 Å². The predicted molar refractivity (Wildman–Crippen MR) is 80.0 cm³/mol. The van der Waals surface area contributed by atoms with Gasteiger partial charge in [0.1, 0.15) is 4.60 Å². The normalized spacial score (nSPS) is 13.1. The van der Waals surface area contributed by atoms with Crippen LogP contribution in [0.5, 0.6) is 0 Å². The number of thioether (sulfide) groups is 1. The van der Waals surface area contributed by atoms with Gasteiger partial charge in [-0.25, -0.2) is 9.97 Å². The summed E-state index contributed by atoms with van der Waals surface area (Å²) < 4.78 is 2.88. The molecule has 0 spiro atoms. The molecule has 4 nitrogen and oxygen atoms in total. The van der Waals surface area contributed by atoms with Gasteiger partial charge in [0.25, 0.3) is 0 Å². The molecule has 0 aromatic carbocycles.